The summed E-state index contributed by atoms with van der Waals surface area (Å²) in [5.74, 6) is 0. The molecule has 0 bridgehead atoms. The van der Waals surface area contributed by atoms with Crippen molar-refractivity contribution in [2.75, 3.05) is 13.1 Å². The van der Waals surface area contributed by atoms with Crippen LogP contribution in [-0.4, -0.2) is 13.1 Å². The van der Waals surface area contributed by atoms with Gasteiger partial charge in [-0.15, -0.1) is 0 Å². The van der Waals surface area contributed by atoms with Crippen LogP contribution in [0.15, 0.2) is 24.3 Å². The van der Waals surface area contributed by atoms with E-state index in [0.29, 0.717) is 0 Å². The summed E-state index contributed by atoms with van der Waals surface area (Å²) >= 11 is 0. The Balaban J connectivity index is 2.25. The monoisotopic (exact) mass is 137 g/mol. The predicted octanol–water partition coefficient (Wildman–Crippen LogP) is 1.87. The molecular weight excluding hydrogens is 122 g/mol. The summed E-state index contributed by atoms with van der Waals surface area (Å²) in [6, 6.07) is 0. The molecular formula is C9H15N. The fourth-order valence-corrected chi connectivity index (χ4v) is 1.00. The van der Waals surface area contributed by atoms with Gasteiger partial charge in [0, 0.05) is 6.54 Å². The average molecular weight is 137 g/mol. The van der Waals surface area contributed by atoms with Crippen molar-refractivity contribution in [1.29, 1.82) is 0 Å². The van der Waals surface area contributed by atoms with E-state index < -0.39 is 0 Å². The van der Waals surface area contributed by atoms with Gasteiger partial charge in [-0.05, 0) is 25.8 Å². The molecule has 1 N–H and O–H groups in total. The maximum Gasteiger partial charge on any atom is 0.0135 e. The van der Waals surface area contributed by atoms with Crippen LogP contribution in [-0.2, 0) is 0 Å². The predicted molar refractivity (Wildman–Crippen MR) is 45.0 cm³/mol. The van der Waals surface area contributed by atoms with Crippen LogP contribution in [0.3, 0.4) is 0 Å². The molecule has 0 saturated carbocycles. The van der Waals surface area contributed by atoms with Gasteiger partial charge in [0.25, 0.3) is 0 Å². The molecule has 0 aromatic rings. The number of allylic oxidation sites excluding steroid dienone is 3. The van der Waals surface area contributed by atoms with Crippen LogP contribution < -0.4 is 5.32 Å². The molecule has 1 nitrogen and oxygen atoms in total. The molecule has 1 aliphatic heterocycles. The second kappa shape index (κ2) is 5.24. The molecule has 0 aromatic heterocycles. The van der Waals surface area contributed by atoms with E-state index >= 15 is 0 Å². The van der Waals surface area contributed by atoms with Crippen molar-refractivity contribution >= 4 is 0 Å². The van der Waals surface area contributed by atoms with Crippen molar-refractivity contribution in [2.24, 2.45) is 0 Å². The maximum atomic E-state index is 3.33. The van der Waals surface area contributed by atoms with Gasteiger partial charge in [-0.1, -0.05) is 24.3 Å². The molecule has 1 rings (SSSR count). The lowest BCUT2D eigenvalue weighted by molar-refractivity contribution is 0.698. The third-order valence-corrected chi connectivity index (χ3v) is 1.59. The fourth-order valence-electron chi connectivity index (χ4n) is 1.00. The van der Waals surface area contributed by atoms with Crippen molar-refractivity contribution < 1.29 is 0 Å². The van der Waals surface area contributed by atoms with E-state index in [-0.39, 0.29) is 0 Å². The third kappa shape index (κ3) is 3.46. The van der Waals surface area contributed by atoms with E-state index in [1.807, 2.05) is 0 Å². The van der Waals surface area contributed by atoms with E-state index in [1.165, 1.54) is 12.8 Å². The Hall–Kier alpha value is -0.560. The number of rotatable bonds is 0. The van der Waals surface area contributed by atoms with Crippen molar-refractivity contribution in [1.82, 2.24) is 5.32 Å². The summed E-state index contributed by atoms with van der Waals surface area (Å²) in [5, 5.41) is 3.33. The summed E-state index contributed by atoms with van der Waals surface area (Å²) in [5.41, 5.74) is 0. The Morgan fingerprint density at radius 2 is 1.90 bits per heavy atom. The van der Waals surface area contributed by atoms with Crippen molar-refractivity contribution in [2.45, 2.75) is 19.3 Å². The van der Waals surface area contributed by atoms with Crippen LogP contribution in [0.5, 0.6) is 0 Å². The average Bonchev–Trinajstić information content (AvgIpc) is 2.01. The van der Waals surface area contributed by atoms with Gasteiger partial charge >= 0.3 is 0 Å². The fraction of sp³-hybridized carbons (Fsp3) is 0.556. The quantitative estimate of drug-likeness (QED) is 0.503. The highest BCUT2D eigenvalue weighted by Gasteiger charge is 1.84. The largest absolute Gasteiger partial charge is 0.313 e. The minimum atomic E-state index is 1.04. The van der Waals surface area contributed by atoms with Crippen LogP contribution in [0.2, 0.25) is 0 Å². The zero-order valence-corrected chi connectivity index (χ0v) is 6.34. The third-order valence-electron chi connectivity index (χ3n) is 1.59. The van der Waals surface area contributed by atoms with Crippen LogP contribution in [0.25, 0.3) is 0 Å². The lowest BCUT2D eigenvalue weighted by atomic mass is 10.2. The highest BCUT2D eigenvalue weighted by Crippen LogP contribution is 1.94. The van der Waals surface area contributed by atoms with Crippen molar-refractivity contribution in [3.05, 3.63) is 24.3 Å². The second-order valence-corrected chi connectivity index (χ2v) is 2.52. The molecule has 1 heteroatoms. The first kappa shape index (κ1) is 7.55. The molecule has 0 unspecified atom stereocenters. The van der Waals surface area contributed by atoms with Gasteiger partial charge < -0.3 is 5.32 Å². The molecule has 0 aromatic carbocycles. The lowest BCUT2D eigenvalue weighted by Crippen LogP contribution is -2.14. The van der Waals surface area contributed by atoms with Gasteiger partial charge in [-0.2, -0.15) is 0 Å². The molecule has 0 amide bonds. The molecule has 0 atom stereocenters. The first-order chi connectivity index (χ1) is 5.00. The molecule has 0 saturated heterocycles. The Kier molecular flexibility index (Phi) is 3.96. The van der Waals surface area contributed by atoms with E-state index in [2.05, 4.69) is 29.6 Å². The van der Waals surface area contributed by atoms with Gasteiger partial charge in [0.05, 0.1) is 0 Å². The Morgan fingerprint density at radius 3 is 2.90 bits per heavy atom. The second-order valence-electron chi connectivity index (χ2n) is 2.52. The molecule has 10 heavy (non-hydrogen) atoms. The maximum absolute atomic E-state index is 3.33. The summed E-state index contributed by atoms with van der Waals surface area (Å²) in [4.78, 5) is 0. The molecule has 1 heterocycles. The lowest BCUT2D eigenvalue weighted by Gasteiger charge is -1.99. The first-order valence-corrected chi connectivity index (χ1v) is 4.01. The van der Waals surface area contributed by atoms with Gasteiger partial charge in [0.1, 0.15) is 0 Å². The van der Waals surface area contributed by atoms with Crippen LogP contribution in [0.4, 0.5) is 0 Å². The Morgan fingerprint density at radius 1 is 1.00 bits per heavy atom. The van der Waals surface area contributed by atoms with Crippen molar-refractivity contribution in [3.63, 3.8) is 0 Å². The van der Waals surface area contributed by atoms with Crippen molar-refractivity contribution in [3.8, 4) is 0 Å². The Labute approximate surface area is 62.8 Å². The van der Waals surface area contributed by atoms with Crippen LogP contribution in [0, 0.1) is 0 Å². The number of hydrogen-bond donors (Lipinski definition) is 1. The minimum absolute atomic E-state index is 1.04. The standard InChI is InChI=1S/C9H15N/c1-2-4-6-8-10-9-7-5-3-1/h1-2,5,7,10H,3-4,6,8-9H2/b2-1-,7-5-. The molecule has 0 aliphatic carbocycles. The van der Waals surface area contributed by atoms with E-state index in [9.17, 15) is 0 Å². The molecule has 0 fully saturated rings. The highest BCUT2D eigenvalue weighted by molar-refractivity contribution is 4.94. The van der Waals surface area contributed by atoms with Gasteiger partial charge in [0.15, 0.2) is 0 Å². The Bertz CT molecular complexity index is 111. The molecule has 1 aliphatic rings. The summed E-state index contributed by atoms with van der Waals surface area (Å²) < 4.78 is 0. The topological polar surface area (TPSA) is 12.0 Å². The minimum Gasteiger partial charge on any atom is -0.313 e. The van der Waals surface area contributed by atoms with Gasteiger partial charge in [0.2, 0.25) is 0 Å². The normalized spacial score (nSPS) is 27.2. The first-order valence-electron chi connectivity index (χ1n) is 4.01. The van der Waals surface area contributed by atoms with Crippen LogP contribution in [0.1, 0.15) is 19.3 Å². The summed E-state index contributed by atoms with van der Waals surface area (Å²) in [6.45, 7) is 2.18. The SMILES string of the molecule is C1=C\CCCNC/C=C\C/1. The highest BCUT2D eigenvalue weighted by atomic mass is 14.8. The van der Waals surface area contributed by atoms with E-state index in [1.54, 1.807) is 0 Å². The molecule has 56 valence electrons. The number of nitrogens with one attached hydrogen (secondary N) is 1. The number of hydrogen-bond acceptors (Lipinski definition) is 1. The summed E-state index contributed by atoms with van der Waals surface area (Å²) in [7, 11) is 0. The van der Waals surface area contributed by atoms with Crippen LogP contribution >= 0.6 is 0 Å². The molecule has 0 spiro atoms. The van der Waals surface area contributed by atoms with E-state index in [0.717, 1.165) is 19.5 Å². The smallest absolute Gasteiger partial charge is 0.0135 e. The molecule has 0 radical (unpaired) electrons. The van der Waals surface area contributed by atoms with E-state index in [4.69, 9.17) is 0 Å². The van der Waals surface area contributed by atoms with Gasteiger partial charge in [-0.3, -0.25) is 0 Å². The van der Waals surface area contributed by atoms with Gasteiger partial charge in [-0.25, -0.2) is 0 Å². The zero-order valence-electron chi connectivity index (χ0n) is 6.34. The summed E-state index contributed by atoms with van der Waals surface area (Å²) in [6.07, 6.45) is 12.5. The zero-order chi connectivity index (χ0) is 7.07.